The molecule has 1 rings (SSSR count). The van der Waals surface area contributed by atoms with Crippen LogP contribution in [-0.4, -0.2) is 18.4 Å². The zero-order chi connectivity index (χ0) is 15.7. The number of hydrogen-bond donors (Lipinski definition) is 0. The highest BCUT2D eigenvalue weighted by Crippen LogP contribution is 2.37. The van der Waals surface area contributed by atoms with E-state index >= 15 is 0 Å². The summed E-state index contributed by atoms with van der Waals surface area (Å²) in [6.07, 6.45) is -9.46. The fourth-order valence-corrected chi connectivity index (χ4v) is 1.55. The number of nitrogens with zero attached hydrogens (tertiary/aromatic N) is 1. The second-order valence-electron chi connectivity index (χ2n) is 4.29. The summed E-state index contributed by atoms with van der Waals surface area (Å²) in [5, 5.41) is 0. The van der Waals surface area contributed by atoms with E-state index in [1.54, 1.807) is 0 Å². The van der Waals surface area contributed by atoms with Crippen molar-refractivity contribution in [3.63, 3.8) is 0 Å². The summed E-state index contributed by atoms with van der Waals surface area (Å²) in [7, 11) is 1.27. The summed E-state index contributed by atoms with van der Waals surface area (Å²) >= 11 is 0. The SMILES string of the molecule is C[C@H](c1cc(C(F)(F)F)cc(C(F)(F)F)c1)N(C)C=O. The molecule has 0 aromatic heterocycles. The Bertz CT molecular complexity index is 461. The van der Waals surface area contributed by atoms with Crippen LogP contribution in [0.25, 0.3) is 0 Å². The average molecular weight is 299 g/mol. The highest BCUT2D eigenvalue weighted by Gasteiger charge is 2.37. The van der Waals surface area contributed by atoms with Gasteiger partial charge >= 0.3 is 12.4 Å². The molecule has 20 heavy (non-hydrogen) atoms. The lowest BCUT2D eigenvalue weighted by molar-refractivity contribution is -0.143. The molecule has 1 aromatic carbocycles. The van der Waals surface area contributed by atoms with Gasteiger partial charge in [-0.25, -0.2) is 0 Å². The molecule has 1 atom stereocenters. The molecule has 0 saturated carbocycles. The van der Waals surface area contributed by atoms with Crippen LogP contribution >= 0.6 is 0 Å². The van der Waals surface area contributed by atoms with Crippen molar-refractivity contribution in [2.45, 2.75) is 25.3 Å². The first kappa shape index (κ1) is 16.3. The fourth-order valence-electron chi connectivity index (χ4n) is 1.55. The monoisotopic (exact) mass is 299 g/mol. The van der Waals surface area contributed by atoms with Crippen molar-refractivity contribution < 1.29 is 31.1 Å². The van der Waals surface area contributed by atoms with E-state index in [4.69, 9.17) is 0 Å². The second-order valence-corrected chi connectivity index (χ2v) is 4.29. The van der Waals surface area contributed by atoms with E-state index in [9.17, 15) is 31.1 Å². The van der Waals surface area contributed by atoms with Crippen LogP contribution < -0.4 is 0 Å². The predicted molar refractivity (Wildman–Crippen MR) is 58.7 cm³/mol. The Balaban J connectivity index is 3.42. The first-order valence-corrected chi connectivity index (χ1v) is 5.43. The minimum absolute atomic E-state index is 0.0527. The fraction of sp³-hybridized carbons (Fsp3) is 0.417. The van der Waals surface area contributed by atoms with E-state index in [0.29, 0.717) is 18.5 Å². The van der Waals surface area contributed by atoms with Crippen LogP contribution in [0.5, 0.6) is 0 Å². The highest BCUT2D eigenvalue weighted by molar-refractivity contribution is 5.48. The Morgan fingerprint density at radius 2 is 1.40 bits per heavy atom. The number of hydrogen-bond acceptors (Lipinski definition) is 1. The number of amides is 1. The average Bonchev–Trinajstić information content (AvgIpc) is 2.34. The zero-order valence-corrected chi connectivity index (χ0v) is 10.5. The molecule has 0 radical (unpaired) electrons. The van der Waals surface area contributed by atoms with Gasteiger partial charge in [0.2, 0.25) is 6.41 Å². The number of rotatable bonds is 3. The van der Waals surface area contributed by atoms with E-state index in [2.05, 4.69) is 0 Å². The van der Waals surface area contributed by atoms with Gasteiger partial charge in [0.05, 0.1) is 17.2 Å². The van der Waals surface area contributed by atoms with Crippen molar-refractivity contribution >= 4 is 6.41 Å². The lowest BCUT2D eigenvalue weighted by Crippen LogP contribution is -2.22. The summed E-state index contributed by atoms with van der Waals surface area (Å²) in [6, 6.07) is 0.368. The smallest absolute Gasteiger partial charge is 0.342 e. The van der Waals surface area contributed by atoms with Gasteiger partial charge in [-0.05, 0) is 30.7 Å². The Kier molecular flexibility index (Phi) is 4.36. The van der Waals surface area contributed by atoms with Crippen LogP contribution in [-0.2, 0) is 17.1 Å². The molecular weight excluding hydrogens is 288 g/mol. The molecule has 0 aliphatic rings. The van der Waals surface area contributed by atoms with E-state index < -0.39 is 29.5 Å². The minimum atomic E-state index is -4.89. The van der Waals surface area contributed by atoms with Crippen molar-refractivity contribution in [3.05, 3.63) is 34.9 Å². The maximum atomic E-state index is 12.6. The van der Waals surface area contributed by atoms with Gasteiger partial charge in [-0.2, -0.15) is 26.3 Å². The van der Waals surface area contributed by atoms with Crippen LogP contribution in [0.2, 0.25) is 0 Å². The van der Waals surface area contributed by atoms with E-state index in [0.717, 1.165) is 4.90 Å². The van der Waals surface area contributed by atoms with Crippen molar-refractivity contribution in [1.29, 1.82) is 0 Å². The molecule has 0 aliphatic carbocycles. The first-order chi connectivity index (χ1) is 8.96. The lowest BCUT2D eigenvalue weighted by atomic mass is 10.00. The van der Waals surface area contributed by atoms with Crippen molar-refractivity contribution in [2.24, 2.45) is 0 Å². The maximum Gasteiger partial charge on any atom is 0.416 e. The van der Waals surface area contributed by atoms with Crippen molar-refractivity contribution in [1.82, 2.24) is 4.90 Å². The van der Waals surface area contributed by atoms with Gasteiger partial charge in [-0.3, -0.25) is 4.79 Å². The molecular formula is C12H11F6NO. The Labute approximate surface area is 111 Å². The molecule has 0 spiro atoms. The van der Waals surface area contributed by atoms with Crippen LogP contribution in [0.3, 0.4) is 0 Å². The molecule has 0 aliphatic heterocycles. The molecule has 0 saturated heterocycles. The molecule has 1 aromatic rings. The lowest BCUT2D eigenvalue weighted by Gasteiger charge is -2.23. The van der Waals surface area contributed by atoms with E-state index in [1.807, 2.05) is 0 Å². The van der Waals surface area contributed by atoms with Crippen LogP contribution in [0.1, 0.15) is 29.7 Å². The molecule has 0 bridgehead atoms. The minimum Gasteiger partial charge on any atom is -0.342 e. The van der Waals surface area contributed by atoms with Gasteiger partial charge in [0.15, 0.2) is 0 Å². The Morgan fingerprint density at radius 1 is 1.00 bits per heavy atom. The molecule has 0 unspecified atom stereocenters. The molecule has 0 fully saturated rings. The Hall–Kier alpha value is -1.73. The predicted octanol–water partition coefficient (Wildman–Crippen LogP) is 3.87. The summed E-state index contributed by atoms with van der Waals surface area (Å²) in [6.45, 7) is 1.34. The molecule has 1 amide bonds. The topological polar surface area (TPSA) is 20.3 Å². The van der Waals surface area contributed by atoms with Crippen molar-refractivity contribution in [3.8, 4) is 0 Å². The molecule has 2 nitrogen and oxygen atoms in total. The third kappa shape index (κ3) is 3.64. The third-order valence-corrected chi connectivity index (χ3v) is 2.87. The zero-order valence-electron chi connectivity index (χ0n) is 10.5. The molecule has 8 heteroatoms. The first-order valence-electron chi connectivity index (χ1n) is 5.43. The molecule has 112 valence electrons. The summed E-state index contributed by atoms with van der Waals surface area (Å²) in [4.78, 5) is 11.5. The number of carbonyl (C=O) groups excluding carboxylic acids is 1. The van der Waals surface area contributed by atoms with Crippen molar-refractivity contribution in [2.75, 3.05) is 7.05 Å². The number of benzene rings is 1. The number of carbonyl (C=O) groups is 1. The third-order valence-electron chi connectivity index (χ3n) is 2.87. The van der Waals surface area contributed by atoms with Gasteiger partial charge in [-0.15, -0.1) is 0 Å². The molecule has 0 N–H and O–H groups in total. The summed E-state index contributed by atoms with van der Waals surface area (Å²) in [5.41, 5.74) is -3.02. The van der Waals surface area contributed by atoms with E-state index in [-0.39, 0.29) is 11.6 Å². The maximum absolute atomic E-state index is 12.6. The van der Waals surface area contributed by atoms with Gasteiger partial charge in [0.1, 0.15) is 0 Å². The quantitative estimate of drug-likeness (QED) is 0.613. The second kappa shape index (κ2) is 5.34. The normalized spacial score (nSPS) is 14.0. The largest absolute Gasteiger partial charge is 0.416 e. The van der Waals surface area contributed by atoms with Gasteiger partial charge in [0.25, 0.3) is 0 Å². The number of halogens is 6. The van der Waals surface area contributed by atoms with Gasteiger partial charge < -0.3 is 4.90 Å². The summed E-state index contributed by atoms with van der Waals surface area (Å²) in [5.74, 6) is 0. The van der Waals surface area contributed by atoms with Gasteiger partial charge in [-0.1, -0.05) is 0 Å². The standard InChI is InChI=1S/C12H11F6NO/c1-7(19(2)6-20)8-3-9(11(13,14)15)5-10(4-8)12(16,17)18/h3-7H,1-2H3/t7-/m1/s1. The van der Waals surface area contributed by atoms with Crippen LogP contribution in [0.4, 0.5) is 26.3 Å². The van der Waals surface area contributed by atoms with Crippen LogP contribution in [0.15, 0.2) is 18.2 Å². The number of alkyl halides is 6. The van der Waals surface area contributed by atoms with E-state index in [1.165, 1.54) is 14.0 Å². The Morgan fingerprint density at radius 3 is 1.70 bits per heavy atom. The van der Waals surface area contributed by atoms with Crippen LogP contribution in [0, 0.1) is 0 Å². The summed E-state index contributed by atoms with van der Waals surface area (Å²) < 4.78 is 75.8. The van der Waals surface area contributed by atoms with Gasteiger partial charge in [0, 0.05) is 7.05 Å². The molecule has 0 heterocycles. The highest BCUT2D eigenvalue weighted by atomic mass is 19.4.